The van der Waals surface area contributed by atoms with Gasteiger partial charge in [0.1, 0.15) is 0 Å². The molecule has 0 bridgehead atoms. The second-order valence-corrected chi connectivity index (χ2v) is 2.36. The molecule has 0 spiro atoms. The summed E-state index contributed by atoms with van der Waals surface area (Å²) in [5.74, 6) is 0.0977. The minimum absolute atomic E-state index is 0.0989. The maximum Gasteiger partial charge on any atom is 0.311 e. The fraction of sp³-hybridized carbons (Fsp3) is 0.167. The number of anilines is 1. The molecule has 1 rings (SSSR count). The maximum atomic E-state index is 10.3. The predicted molar refractivity (Wildman–Crippen MR) is 44.9 cm³/mol. The van der Waals surface area contributed by atoms with Crippen LogP contribution in [0.5, 0.6) is 0 Å². The van der Waals surface area contributed by atoms with Crippen molar-refractivity contribution in [1.29, 1.82) is 0 Å². The lowest BCUT2D eigenvalue weighted by Gasteiger charge is -1.97. The Hall–Kier alpha value is -1.36. The van der Waals surface area contributed by atoms with Gasteiger partial charge in [0.25, 0.3) is 0 Å². The van der Waals surface area contributed by atoms with Gasteiger partial charge >= 0.3 is 5.69 Å². The quantitative estimate of drug-likeness (QED) is 0.430. The summed E-state index contributed by atoms with van der Waals surface area (Å²) < 4.78 is 0. The van der Waals surface area contributed by atoms with Gasteiger partial charge in [0.05, 0.1) is 16.5 Å². The van der Waals surface area contributed by atoms with Crippen LogP contribution in [0.2, 0.25) is 0 Å². The van der Waals surface area contributed by atoms with Crippen molar-refractivity contribution in [2.45, 2.75) is 5.88 Å². The number of aromatic nitrogens is 1. The molecule has 0 aliphatic heterocycles. The molecule has 64 valence electrons. The van der Waals surface area contributed by atoms with E-state index >= 15 is 0 Å². The number of nitrogens with zero attached hydrogens (tertiary/aromatic N) is 2. The van der Waals surface area contributed by atoms with E-state index in [2.05, 4.69) is 4.98 Å². The van der Waals surface area contributed by atoms with Gasteiger partial charge in [-0.2, -0.15) is 0 Å². The average Bonchev–Trinajstić information content (AvgIpc) is 2.03. The zero-order chi connectivity index (χ0) is 9.14. The van der Waals surface area contributed by atoms with E-state index in [4.69, 9.17) is 17.3 Å². The Bertz CT molecular complexity index is 316. The molecular formula is C6H6ClN3O2. The highest BCUT2D eigenvalue weighted by Gasteiger charge is 2.11. The number of rotatable bonds is 2. The standard InChI is InChI=1S/C6H6ClN3O2/c7-3-4-1-2-5(10(11)12)6(8)9-4/h1-2H,3H2,(H2,8,9). The Morgan fingerprint density at radius 1 is 1.67 bits per heavy atom. The van der Waals surface area contributed by atoms with Crippen LogP contribution in [-0.4, -0.2) is 9.91 Å². The van der Waals surface area contributed by atoms with Gasteiger partial charge in [-0.3, -0.25) is 10.1 Å². The predicted octanol–water partition coefficient (Wildman–Crippen LogP) is 1.31. The van der Waals surface area contributed by atoms with Crippen LogP contribution in [0, 0.1) is 10.1 Å². The smallest absolute Gasteiger partial charge is 0.311 e. The summed E-state index contributed by atoms with van der Waals surface area (Å²) in [5, 5.41) is 10.3. The Balaban J connectivity index is 3.12. The summed E-state index contributed by atoms with van der Waals surface area (Å²) in [4.78, 5) is 13.4. The number of alkyl halides is 1. The molecular weight excluding hydrogens is 182 g/mol. The first kappa shape index (κ1) is 8.73. The number of hydrogen-bond acceptors (Lipinski definition) is 4. The first-order valence-electron chi connectivity index (χ1n) is 3.11. The fourth-order valence-corrected chi connectivity index (χ4v) is 0.887. The summed E-state index contributed by atoms with van der Waals surface area (Å²) in [5.41, 5.74) is 5.62. The fourth-order valence-electron chi connectivity index (χ4n) is 0.739. The van der Waals surface area contributed by atoms with Crippen molar-refractivity contribution in [1.82, 2.24) is 4.98 Å². The first-order chi connectivity index (χ1) is 5.65. The number of halogens is 1. The third-order valence-electron chi connectivity index (χ3n) is 1.29. The molecule has 1 aromatic rings. The number of nitro groups is 1. The highest BCUT2D eigenvalue weighted by atomic mass is 35.5. The third kappa shape index (κ3) is 1.62. The molecule has 0 fully saturated rings. The minimum Gasteiger partial charge on any atom is -0.378 e. The lowest BCUT2D eigenvalue weighted by Crippen LogP contribution is -1.99. The Labute approximate surface area is 73.3 Å². The molecule has 1 aromatic heterocycles. The number of hydrogen-bond donors (Lipinski definition) is 1. The highest BCUT2D eigenvalue weighted by Crippen LogP contribution is 2.18. The number of nitrogen functional groups attached to an aromatic ring is 1. The highest BCUT2D eigenvalue weighted by molar-refractivity contribution is 6.16. The monoisotopic (exact) mass is 187 g/mol. The molecule has 12 heavy (non-hydrogen) atoms. The largest absolute Gasteiger partial charge is 0.378 e. The maximum absolute atomic E-state index is 10.3. The molecule has 6 heteroatoms. The van der Waals surface area contributed by atoms with Crippen molar-refractivity contribution in [3.05, 3.63) is 27.9 Å². The van der Waals surface area contributed by atoms with E-state index in [-0.39, 0.29) is 17.4 Å². The van der Waals surface area contributed by atoms with E-state index in [9.17, 15) is 10.1 Å². The topological polar surface area (TPSA) is 82.0 Å². The van der Waals surface area contributed by atoms with Crippen LogP contribution in [0.1, 0.15) is 5.69 Å². The minimum atomic E-state index is -0.583. The molecule has 0 amide bonds. The van der Waals surface area contributed by atoms with E-state index in [1.165, 1.54) is 12.1 Å². The van der Waals surface area contributed by atoms with Gasteiger partial charge in [0.2, 0.25) is 5.82 Å². The Morgan fingerprint density at radius 2 is 2.33 bits per heavy atom. The van der Waals surface area contributed by atoms with Crippen LogP contribution in [0.3, 0.4) is 0 Å². The summed E-state index contributed by atoms with van der Waals surface area (Å²) in [6.07, 6.45) is 0. The van der Waals surface area contributed by atoms with Gasteiger partial charge < -0.3 is 5.73 Å². The summed E-state index contributed by atoms with van der Waals surface area (Å²) in [6, 6.07) is 2.77. The zero-order valence-electron chi connectivity index (χ0n) is 6.03. The molecule has 0 saturated heterocycles. The molecule has 0 aromatic carbocycles. The van der Waals surface area contributed by atoms with Crippen LogP contribution in [0.15, 0.2) is 12.1 Å². The molecule has 2 N–H and O–H groups in total. The molecule has 0 aliphatic rings. The van der Waals surface area contributed by atoms with Crippen molar-refractivity contribution < 1.29 is 4.92 Å². The molecule has 0 saturated carbocycles. The second-order valence-electron chi connectivity index (χ2n) is 2.10. The van der Waals surface area contributed by atoms with Crippen molar-refractivity contribution in [2.24, 2.45) is 0 Å². The normalized spacial score (nSPS) is 9.75. The molecule has 0 radical (unpaired) electrons. The lowest BCUT2D eigenvalue weighted by molar-refractivity contribution is -0.384. The van der Waals surface area contributed by atoms with Crippen LogP contribution < -0.4 is 5.73 Å². The molecule has 1 heterocycles. The van der Waals surface area contributed by atoms with Crippen molar-refractivity contribution in [3.8, 4) is 0 Å². The molecule has 0 atom stereocenters. The van der Waals surface area contributed by atoms with Gasteiger partial charge in [-0.15, -0.1) is 11.6 Å². The lowest BCUT2D eigenvalue weighted by atomic mass is 10.3. The van der Waals surface area contributed by atoms with Crippen LogP contribution in [-0.2, 0) is 5.88 Å². The van der Waals surface area contributed by atoms with Crippen LogP contribution >= 0.6 is 11.6 Å². The van der Waals surface area contributed by atoms with Gasteiger partial charge in [0, 0.05) is 6.07 Å². The van der Waals surface area contributed by atoms with Crippen molar-refractivity contribution >= 4 is 23.1 Å². The molecule has 5 nitrogen and oxygen atoms in total. The summed E-state index contributed by atoms with van der Waals surface area (Å²) in [7, 11) is 0. The zero-order valence-corrected chi connectivity index (χ0v) is 6.78. The van der Waals surface area contributed by atoms with E-state index in [1.54, 1.807) is 0 Å². The van der Waals surface area contributed by atoms with Crippen molar-refractivity contribution in [3.63, 3.8) is 0 Å². The third-order valence-corrected chi connectivity index (χ3v) is 1.57. The van der Waals surface area contributed by atoms with E-state index in [0.717, 1.165) is 0 Å². The molecule has 0 aliphatic carbocycles. The van der Waals surface area contributed by atoms with E-state index < -0.39 is 4.92 Å². The van der Waals surface area contributed by atoms with Gasteiger partial charge in [-0.25, -0.2) is 4.98 Å². The molecule has 0 unspecified atom stereocenters. The van der Waals surface area contributed by atoms with Gasteiger partial charge in [0.15, 0.2) is 0 Å². The van der Waals surface area contributed by atoms with Crippen LogP contribution in [0.4, 0.5) is 11.5 Å². The van der Waals surface area contributed by atoms with E-state index in [1.807, 2.05) is 0 Å². The van der Waals surface area contributed by atoms with E-state index in [0.29, 0.717) is 5.69 Å². The van der Waals surface area contributed by atoms with Gasteiger partial charge in [-0.1, -0.05) is 0 Å². The number of nitrogens with two attached hydrogens (primary N) is 1. The SMILES string of the molecule is Nc1nc(CCl)ccc1[N+](=O)[O-]. The first-order valence-corrected chi connectivity index (χ1v) is 3.64. The second kappa shape index (κ2) is 3.36. The Morgan fingerprint density at radius 3 is 2.75 bits per heavy atom. The Kier molecular flexibility index (Phi) is 2.44. The average molecular weight is 188 g/mol. The van der Waals surface area contributed by atoms with Gasteiger partial charge in [-0.05, 0) is 6.07 Å². The van der Waals surface area contributed by atoms with Crippen LogP contribution in [0.25, 0.3) is 0 Å². The number of pyridine rings is 1. The van der Waals surface area contributed by atoms with Crippen molar-refractivity contribution in [2.75, 3.05) is 5.73 Å². The summed E-state index contributed by atoms with van der Waals surface area (Å²) >= 11 is 5.44. The summed E-state index contributed by atoms with van der Waals surface area (Å²) in [6.45, 7) is 0.